The molecule has 1 N–H and O–H groups in total. The molecule has 7 nitrogen and oxygen atoms in total. The molecule has 1 fully saturated rings. The number of aryl methyl sites for hydroxylation is 1. The molecule has 8 heteroatoms. The fourth-order valence-electron chi connectivity index (χ4n) is 4.92. The molecule has 1 aliphatic rings. The van der Waals surface area contributed by atoms with Gasteiger partial charge in [0.1, 0.15) is 29.1 Å². The number of nitrogens with one attached hydrogen (secondary N) is 1. The van der Waals surface area contributed by atoms with Gasteiger partial charge >= 0.3 is 5.97 Å². The Morgan fingerprint density at radius 1 is 0.927 bits per heavy atom. The maximum atomic E-state index is 12.1. The minimum absolute atomic E-state index is 0.257. The van der Waals surface area contributed by atoms with Crippen LogP contribution in [0.4, 0.5) is 5.69 Å². The summed E-state index contributed by atoms with van der Waals surface area (Å²) in [5.41, 5.74) is 4.12. The number of esters is 1. The number of furan rings is 1. The van der Waals surface area contributed by atoms with Crippen LogP contribution in [-0.2, 0) is 4.74 Å². The first-order valence-electron chi connectivity index (χ1n) is 13.1. The van der Waals surface area contributed by atoms with E-state index in [0.717, 1.165) is 28.4 Å². The molecule has 0 amide bonds. The molecule has 1 aliphatic heterocycles. The van der Waals surface area contributed by atoms with Crippen molar-refractivity contribution in [2.75, 3.05) is 12.0 Å². The summed E-state index contributed by atoms with van der Waals surface area (Å²) in [6, 6.07) is 32.0. The van der Waals surface area contributed by atoms with Gasteiger partial charge in [0.25, 0.3) is 0 Å². The Labute approximate surface area is 243 Å². The zero-order chi connectivity index (χ0) is 28.3. The van der Waals surface area contributed by atoms with Gasteiger partial charge in [-0.25, -0.2) is 4.79 Å². The molecule has 2 aromatic heterocycles. The number of aromatic nitrogens is 1. The van der Waals surface area contributed by atoms with Gasteiger partial charge in [-0.2, -0.15) is 0 Å². The zero-order valence-corrected chi connectivity index (χ0v) is 23.3. The average Bonchev–Trinajstić information content (AvgIpc) is 3.63. The lowest BCUT2D eigenvalue weighted by molar-refractivity contribution is 0.0601. The molecule has 41 heavy (non-hydrogen) atoms. The van der Waals surface area contributed by atoms with Gasteiger partial charge in [-0.05, 0) is 91.9 Å². The van der Waals surface area contributed by atoms with Crippen molar-refractivity contribution in [1.29, 1.82) is 0 Å². The molecule has 0 bridgehead atoms. The summed E-state index contributed by atoms with van der Waals surface area (Å²) in [5, 5.41) is 4.01. The number of thiocarbonyl (C=S) groups is 1. The van der Waals surface area contributed by atoms with E-state index in [0.29, 0.717) is 22.2 Å². The van der Waals surface area contributed by atoms with E-state index in [9.17, 15) is 4.79 Å². The Balaban J connectivity index is 1.34. The highest BCUT2D eigenvalue weighted by Crippen LogP contribution is 2.43. The molecule has 6 rings (SSSR count). The maximum absolute atomic E-state index is 12.1. The summed E-state index contributed by atoms with van der Waals surface area (Å²) in [7, 11) is 1.36. The van der Waals surface area contributed by atoms with Gasteiger partial charge < -0.3 is 24.1 Å². The highest BCUT2D eigenvalue weighted by molar-refractivity contribution is 7.80. The molecule has 204 valence electrons. The summed E-state index contributed by atoms with van der Waals surface area (Å²) in [5.74, 6) is 2.42. The van der Waals surface area contributed by atoms with Crippen molar-refractivity contribution in [2.24, 2.45) is 0 Å². The third kappa shape index (κ3) is 5.42. The van der Waals surface area contributed by atoms with Crippen molar-refractivity contribution in [1.82, 2.24) is 10.3 Å². The quantitative estimate of drug-likeness (QED) is 0.163. The van der Waals surface area contributed by atoms with Crippen LogP contribution in [0.15, 0.2) is 114 Å². The molecule has 1 saturated heterocycles. The summed E-state index contributed by atoms with van der Waals surface area (Å²) < 4.78 is 17.4. The van der Waals surface area contributed by atoms with Gasteiger partial charge in [0.2, 0.25) is 0 Å². The van der Waals surface area contributed by atoms with Crippen molar-refractivity contribution in [3.05, 3.63) is 132 Å². The minimum Gasteiger partial charge on any atom is -0.465 e. The van der Waals surface area contributed by atoms with Crippen LogP contribution in [0.3, 0.4) is 0 Å². The smallest absolute Gasteiger partial charge is 0.337 e. The number of benzene rings is 3. The SMILES string of the molecule is COC(=O)c1cccc(-c2ccc(C3C(c4ccccn4)NC(=S)N3c3ccc(Oc4ccc(C)cc4)cc3)o2)c1. The Kier molecular flexibility index (Phi) is 7.22. The van der Waals surface area contributed by atoms with E-state index in [-0.39, 0.29) is 12.1 Å². The number of pyridine rings is 1. The molecule has 5 aromatic rings. The van der Waals surface area contributed by atoms with Crippen LogP contribution in [0.25, 0.3) is 11.3 Å². The number of hydrogen-bond acceptors (Lipinski definition) is 6. The van der Waals surface area contributed by atoms with Crippen LogP contribution >= 0.6 is 12.2 Å². The lowest BCUT2D eigenvalue weighted by atomic mass is 10.0. The zero-order valence-electron chi connectivity index (χ0n) is 22.5. The average molecular weight is 562 g/mol. The highest BCUT2D eigenvalue weighted by atomic mass is 32.1. The van der Waals surface area contributed by atoms with Gasteiger partial charge in [0.15, 0.2) is 5.11 Å². The molecule has 2 atom stereocenters. The number of anilines is 1. The number of hydrogen-bond donors (Lipinski definition) is 1. The lowest BCUT2D eigenvalue weighted by Gasteiger charge is -2.26. The first-order chi connectivity index (χ1) is 20.0. The normalized spacial score (nSPS) is 16.3. The van der Waals surface area contributed by atoms with Crippen molar-refractivity contribution < 1.29 is 18.7 Å². The molecule has 2 unspecified atom stereocenters. The Morgan fingerprint density at radius 3 is 2.39 bits per heavy atom. The van der Waals surface area contributed by atoms with Crippen LogP contribution in [0, 0.1) is 6.92 Å². The number of methoxy groups -OCH3 is 1. The minimum atomic E-state index is -0.403. The van der Waals surface area contributed by atoms with E-state index in [1.54, 1.807) is 24.4 Å². The molecule has 0 aliphatic carbocycles. The standard InChI is InChI=1S/C33H27N3O4S/c1-21-9-13-25(14-10-21)39-26-15-11-24(12-16-26)36-31(30(35-33(36)41)27-8-3-4-19-34-27)29-18-17-28(40-29)22-6-5-7-23(20-22)32(37)38-2/h3-20,30-31H,1-2H3,(H,35,41). The monoisotopic (exact) mass is 561 g/mol. The first kappa shape index (κ1) is 26.3. The predicted octanol–water partition coefficient (Wildman–Crippen LogP) is 7.41. The fraction of sp³-hybridized carbons (Fsp3) is 0.121. The maximum Gasteiger partial charge on any atom is 0.337 e. The summed E-state index contributed by atoms with van der Waals surface area (Å²) in [6.07, 6.45) is 1.77. The van der Waals surface area contributed by atoms with Crippen molar-refractivity contribution >= 4 is 29.0 Å². The van der Waals surface area contributed by atoms with Gasteiger partial charge in [-0.15, -0.1) is 0 Å². The number of nitrogens with zero attached hydrogens (tertiary/aromatic N) is 2. The van der Waals surface area contributed by atoms with Gasteiger partial charge in [-0.1, -0.05) is 35.9 Å². The molecular formula is C33H27N3O4S. The predicted molar refractivity (Wildman–Crippen MR) is 161 cm³/mol. The first-order valence-corrected chi connectivity index (χ1v) is 13.5. The second-order valence-corrected chi connectivity index (χ2v) is 10.1. The van der Waals surface area contributed by atoms with Gasteiger partial charge in [-0.3, -0.25) is 4.98 Å². The number of carbonyl (C=O) groups excluding carboxylic acids is 1. The van der Waals surface area contributed by atoms with Crippen LogP contribution in [0.2, 0.25) is 0 Å². The lowest BCUT2D eigenvalue weighted by Crippen LogP contribution is -2.29. The van der Waals surface area contributed by atoms with E-state index in [4.69, 9.17) is 26.1 Å². The van der Waals surface area contributed by atoms with E-state index < -0.39 is 5.97 Å². The van der Waals surface area contributed by atoms with E-state index in [1.165, 1.54) is 12.7 Å². The van der Waals surface area contributed by atoms with Crippen LogP contribution in [0.5, 0.6) is 11.5 Å². The summed E-state index contributed by atoms with van der Waals surface area (Å²) in [6.45, 7) is 2.04. The van der Waals surface area contributed by atoms with E-state index in [1.807, 2.05) is 96.8 Å². The Hall–Kier alpha value is -4.95. The Bertz CT molecular complexity index is 1680. The van der Waals surface area contributed by atoms with Crippen molar-refractivity contribution in [3.8, 4) is 22.8 Å². The molecule has 3 aromatic carbocycles. The summed E-state index contributed by atoms with van der Waals surface area (Å²) in [4.78, 5) is 18.7. The molecule has 0 spiro atoms. The number of carbonyl (C=O) groups is 1. The molecule has 0 saturated carbocycles. The van der Waals surface area contributed by atoms with Gasteiger partial charge in [0, 0.05) is 17.4 Å². The molecular weight excluding hydrogens is 534 g/mol. The van der Waals surface area contributed by atoms with E-state index >= 15 is 0 Å². The van der Waals surface area contributed by atoms with Crippen molar-refractivity contribution in [3.63, 3.8) is 0 Å². The van der Waals surface area contributed by atoms with Crippen LogP contribution < -0.4 is 15.0 Å². The highest BCUT2D eigenvalue weighted by Gasteiger charge is 2.42. The molecule has 3 heterocycles. The summed E-state index contributed by atoms with van der Waals surface area (Å²) >= 11 is 5.85. The van der Waals surface area contributed by atoms with Crippen molar-refractivity contribution in [2.45, 2.75) is 19.0 Å². The second kappa shape index (κ2) is 11.3. The fourth-order valence-corrected chi connectivity index (χ4v) is 5.27. The van der Waals surface area contributed by atoms with E-state index in [2.05, 4.69) is 10.3 Å². The van der Waals surface area contributed by atoms with Crippen LogP contribution in [-0.4, -0.2) is 23.2 Å². The Morgan fingerprint density at radius 2 is 1.68 bits per heavy atom. The van der Waals surface area contributed by atoms with Gasteiger partial charge in [0.05, 0.1) is 24.4 Å². The number of rotatable bonds is 7. The third-order valence-corrected chi connectivity index (χ3v) is 7.27. The van der Waals surface area contributed by atoms with Crippen LogP contribution in [0.1, 0.15) is 39.5 Å². The number of ether oxygens (including phenoxy) is 2. The second-order valence-electron chi connectivity index (χ2n) is 9.68. The largest absolute Gasteiger partial charge is 0.465 e. The third-order valence-electron chi connectivity index (χ3n) is 6.96. The molecule has 0 radical (unpaired) electrons. The topological polar surface area (TPSA) is 76.8 Å².